The van der Waals surface area contributed by atoms with Crippen LogP contribution in [-0.2, 0) is 9.59 Å². The van der Waals surface area contributed by atoms with Gasteiger partial charge in [0.05, 0.1) is 6.42 Å². The van der Waals surface area contributed by atoms with Crippen molar-refractivity contribution in [2.24, 2.45) is 5.41 Å². The Kier molecular flexibility index (Phi) is 4.98. The van der Waals surface area contributed by atoms with Gasteiger partial charge >= 0.3 is 5.97 Å². The summed E-state index contributed by atoms with van der Waals surface area (Å²) in [5, 5.41) is 13.7. The number of rotatable bonds is 6. The van der Waals surface area contributed by atoms with Crippen molar-refractivity contribution in [3.8, 4) is 10.4 Å². The highest BCUT2D eigenvalue weighted by atomic mass is 32.1. The maximum atomic E-state index is 12.1. The van der Waals surface area contributed by atoms with Gasteiger partial charge in [0, 0.05) is 17.0 Å². The summed E-state index contributed by atoms with van der Waals surface area (Å²) in [6.45, 7) is 3.56. The fourth-order valence-corrected chi connectivity index (χ4v) is 3.03. The monoisotopic (exact) mass is 317 g/mol. The fourth-order valence-electron chi connectivity index (χ4n) is 2.30. The highest BCUT2D eigenvalue weighted by molar-refractivity contribution is 7.13. The molecule has 0 unspecified atom stereocenters. The fraction of sp³-hybridized carbons (Fsp3) is 0.294. The van der Waals surface area contributed by atoms with E-state index in [9.17, 15) is 9.59 Å². The second-order valence-electron chi connectivity index (χ2n) is 6.02. The Bertz CT molecular complexity index is 662. The summed E-state index contributed by atoms with van der Waals surface area (Å²) >= 11 is 1.64. The van der Waals surface area contributed by atoms with Crippen molar-refractivity contribution in [3.05, 3.63) is 41.8 Å². The van der Waals surface area contributed by atoms with Crippen LogP contribution in [0.4, 0.5) is 5.69 Å². The SMILES string of the molecule is CC(C)(CC(=O)O)CC(=O)Nc1cccc(-c2cccs2)c1. The lowest BCUT2D eigenvalue weighted by Gasteiger charge is -2.21. The van der Waals surface area contributed by atoms with Gasteiger partial charge in [0.15, 0.2) is 0 Å². The zero-order valence-electron chi connectivity index (χ0n) is 12.6. The van der Waals surface area contributed by atoms with Crippen molar-refractivity contribution in [2.75, 3.05) is 5.32 Å². The molecule has 0 saturated carbocycles. The summed E-state index contributed by atoms with van der Waals surface area (Å²) in [5.74, 6) is -1.06. The number of carbonyl (C=O) groups is 2. The minimum absolute atomic E-state index is 0.0321. The summed E-state index contributed by atoms with van der Waals surface area (Å²) in [5.41, 5.74) is 1.21. The summed E-state index contributed by atoms with van der Waals surface area (Å²) in [4.78, 5) is 24.0. The third-order valence-electron chi connectivity index (χ3n) is 3.22. The summed E-state index contributed by atoms with van der Waals surface area (Å²) in [7, 11) is 0. The number of anilines is 1. The van der Waals surface area contributed by atoms with E-state index < -0.39 is 11.4 Å². The van der Waals surface area contributed by atoms with E-state index in [4.69, 9.17) is 5.11 Å². The van der Waals surface area contributed by atoms with Gasteiger partial charge in [-0.05, 0) is 34.6 Å². The standard InChI is InChI=1S/C17H19NO3S/c1-17(2,11-16(20)21)10-15(19)18-13-6-3-5-12(9-13)14-7-4-8-22-14/h3-9H,10-11H2,1-2H3,(H,18,19)(H,20,21). The Hall–Kier alpha value is -2.14. The topological polar surface area (TPSA) is 66.4 Å². The van der Waals surface area contributed by atoms with Crippen molar-refractivity contribution in [3.63, 3.8) is 0 Å². The van der Waals surface area contributed by atoms with Crippen LogP contribution in [0.1, 0.15) is 26.7 Å². The molecule has 0 aliphatic carbocycles. The van der Waals surface area contributed by atoms with Crippen LogP contribution >= 0.6 is 11.3 Å². The van der Waals surface area contributed by atoms with Crippen LogP contribution in [0, 0.1) is 5.41 Å². The molecule has 2 rings (SSSR count). The smallest absolute Gasteiger partial charge is 0.303 e. The van der Waals surface area contributed by atoms with Crippen LogP contribution in [0.5, 0.6) is 0 Å². The summed E-state index contributed by atoms with van der Waals surface area (Å²) < 4.78 is 0. The van der Waals surface area contributed by atoms with Gasteiger partial charge in [-0.2, -0.15) is 0 Å². The Morgan fingerprint density at radius 3 is 2.59 bits per heavy atom. The molecule has 0 radical (unpaired) electrons. The number of benzene rings is 1. The van der Waals surface area contributed by atoms with Gasteiger partial charge < -0.3 is 10.4 Å². The molecule has 1 aromatic carbocycles. The van der Waals surface area contributed by atoms with Gasteiger partial charge in [-0.25, -0.2) is 0 Å². The first-order valence-electron chi connectivity index (χ1n) is 7.01. The number of hydrogen-bond acceptors (Lipinski definition) is 3. The molecule has 0 aliphatic rings. The average Bonchev–Trinajstić information content (AvgIpc) is 2.90. The lowest BCUT2D eigenvalue weighted by molar-refractivity contribution is -0.139. The number of thiophene rings is 1. The molecule has 1 heterocycles. The molecule has 0 saturated heterocycles. The molecule has 0 atom stereocenters. The molecule has 2 aromatic rings. The minimum atomic E-state index is -0.891. The van der Waals surface area contributed by atoms with E-state index in [2.05, 4.69) is 5.32 Å². The molecule has 116 valence electrons. The van der Waals surface area contributed by atoms with Crippen LogP contribution in [0.15, 0.2) is 41.8 Å². The molecule has 1 aromatic heterocycles. The van der Waals surface area contributed by atoms with Gasteiger partial charge in [-0.3, -0.25) is 9.59 Å². The number of carboxylic acids is 1. The van der Waals surface area contributed by atoms with Crippen LogP contribution in [-0.4, -0.2) is 17.0 Å². The number of amides is 1. The van der Waals surface area contributed by atoms with Gasteiger partial charge in [-0.15, -0.1) is 11.3 Å². The zero-order valence-corrected chi connectivity index (χ0v) is 13.4. The van der Waals surface area contributed by atoms with E-state index in [1.54, 1.807) is 25.2 Å². The minimum Gasteiger partial charge on any atom is -0.481 e. The zero-order chi connectivity index (χ0) is 16.2. The van der Waals surface area contributed by atoms with Crippen molar-refractivity contribution in [2.45, 2.75) is 26.7 Å². The van der Waals surface area contributed by atoms with Crippen molar-refractivity contribution >= 4 is 28.9 Å². The van der Waals surface area contributed by atoms with E-state index in [-0.39, 0.29) is 18.7 Å². The predicted molar refractivity (Wildman–Crippen MR) is 89.0 cm³/mol. The third kappa shape index (κ3) is 4.70. The van der Waals surface area contributed by atoms with Crippen molar-refractivity contribution < 1.29 is 14.7 Å². The van der Waals surface area contributed by atoms with E-state index in [1.165, 1.54) is 0 Å². The Labute approximate surface area is 133 Å². The first-order valence-corrected chi connectivity index (χ1v) is 7.89. The largest absolute Gasteiger partial charge is 0.481 e. The molecule has 22 heavy (non-hydrogen) atoms. The number of carboxylic acid groups (broad SMARTS) is 1. The number of nitrogens with one attached hydrogen (secondary N) is 1. The van der Waals surface area contributed by atoms with Crippen LogP contribution in [0.25, 0.3) is 10.4 Å². The van der Waals surface area contributed by atoms with Gasteiger partial charge in [-0.1, -0.05) is 32.0 Å². The number of aliphatic carboxylic acids is 1. The summed E-state index contributed by atoms with van der Waals surface area (Å²) in [6.07, 6.45) is 0.137. The molecule has 0 aliphatic heterocycles. The third-order valence-corrected chi connectivity index (χ3v) is 4.14. The molecule has 1 amide bonds. The van der Waals surface area contributed by atoms with Crippen LogP contribution in [0.3, 0.4) is 0 Å². The molecule has 2 N–H and O–H groups in total. The quantitative estimate of drug-likeness (QED) is 0.837. The van der Waals surface area contributed by atoms with Gasteiger partial charge in [0.1, 0.15) is 0 Å². The lowest BCUT2D eigenvalue weighted by Crippen LogP contribution is -2.24. The maximum Gasteiger partial charge on any atom is 0.303 e. The molecular formula is C17H19NO3S. The molecule has 0 bridgehead atoms. The van der Waals surface area contributed by atoms with Crippen LogP contribution < -0.4 is 5.32 Å². The van der Waals surface area contributed by atoms with E-state index in [0.29, 0.717) is 0 Å². The molecule has 0 spiro atoms. The van der Waals surface area contributed by atoms with E-state index in [1.807, 2.05) is 41.8 Å². The molecule has 5 heteroatoms. The predicted octanol–water partition coefficient (Wildman–Crippen LogP) is 4.24. The van der Waals surface area contributed by atoms with Crippen molar-refractivity contribution in [1.82, 2.24) is 0 Å². The van der Waals surface area contributed by atoms with Gasteiger partial charge in [0.2, 0.25) is 5.91 Å². The number of hydrogen-bond donors (Lipinski definition) is 2. The Morgan fingerprint density at radius 1 is 1.18 bits per heavy atom. The van der Waals surface area contributed by atoms with Crippen LogP contribution in [0.2, 0.25) is 0 Å². The van der Waals surface area contributed by atoms with E-state index >= 15 is 0 Å². The molecule has 0 fully saturated rings. The second kappa shape index (κ2) is 6.75. The lowest BCUT2D eigenvalue weighted by atomic mass is 9.85. The maximum absolute atomic E-state index is 12.1. The highest BCUT2D eigenvalue weighted by Gasteiger charge is 2.25. The first-order chi connectivity index (χ1) is 10.4. The van der Waals surface area contributed by atoms with E-state index in [0.717, 1.165) is 16.1 Å². The number of carbonyl (C=O) groups excluding carboxylic acids is 1. The highest BCUT2D eigenvalue weighted by Crippen LogP contribution is 2.28. The van der Waals surface area contributed by atoms with Gasteiger partial charge in [0.25, 0.3) is 0 Å². The average molecular weight is 317 g/mol. The van der Waals surface area contributed by atoms with Crippen molar-refractivity contribution in [1.29, 1.82) is 0 Å². The normalized spacial score (nSPS) is 11.2. The molecular weight excluding hydrogens is 298 g/mol. The summed E-state index contributed by atoms with van der Waals surface area (Å²) in [6, 6.07) is 11.7. The Morgan fingerprint density at radius 2 is 1.95 bits per heavy atom. The Balaban J connectivity index is 2.03. The second-order valence-corrected chi connectivity index (χ2v) is 6.97. The first kappa shape index (κ1) is 16.2. The molecule has 4 nitrogen and oxygen atoms in total.